The van der Waals surface area contributed by atoms with E-state index in [1.807, 2.05) is 35.2 Å². The van der Waals surface area contributed by atoms with Crippen LogP contribution in [0.15, 0.2) is 30.3 Å². The van der Waals surface area contributed by atoms with Crippen molar-refractivity contribution < 1.29 is 48.4 Å². The number of hydrogen-bond acceptors (Lipinski definition) is 11. The summed E-state index contributed by atoms with van der Waals surface area (Å²) in [5.41, 5.74) is 1.07. The molecule has 0 amide bonds. The zero-order valence-electron chi connectivity index (χ0n) is 22.8. The van der Waals surface area contributed by atoms with Crippen LogP contribution >= 0.6 is 8.25 Å². The number of carboxylic acids is 2. The first-order chi connectivity index (χ1) is 19.2. The number of ether oxygens (including phenoxy) is 2. The molecular formula is C25H43N4O10P. The zero-order valence-corrected chi connectivity index (χ0v) is 23.8. The first-order valence-electron chi connectivity index (χ1n) is 13.3. The standard InChI is InChI=1S/C25H43N4O10P/c30-23(20-38-15-14-37-19-22-4-2-1-3-5-22)16-26-6-8-27(17-24(31)32)10-12-29(21-39-40(35)36)13-11-28(9-7-26)18-25(33)34/h1-5,23,30,40H,6-21H2,(H,31,32)(H,33,34)(H,35,36). The fourth-order valence-corrected chi connectivity index (χ4v) is 4.48. The third-order valence-electron chi connectivity index (χ3n) is 6.28. The monoisotopic (exact) mass is 590 g/mol. The van der Waals surface area contributed by atoms with Crippen LogP contribution in [0.1, 0.15) is 5.56 Å². The highest BCUT2D eigenvalue weighted by Gasteiger charge is 2.20. The number of rotatable bonds is 16. The van der Waals surface area contributed by atoms with Crippen LogP contribution in [0, 0.1) is 0 Å². The van der Waals surface area contributed by atoms with Crippen molar-refractivity contribution >= 4 is 20.2 Å². The van der Waals surface area contributed by atoms with Crippen LogP contribution in [0.3, 0.4) is 0 Å². The summed E-state index contributed by atoms with van der Waals surface area (Å²) < 4.78 is 27.1. The number of aliphatic hydroxyl groups excluding tert-OH is 1. The van der Waals surface area contributed by atoms with Gasteiger partial charge in [0.05, 0.1) is 45.6 Å². The summed E-state index contributed by atoms with van der Waals surface area (Å²) >= 11 is 0. The lowest BCUT2D eigenvalue weighted by atomic mass is 10.2. The van der Waals surface area contributed by atoms with Gasteiger partial charge in [-0.05, 0) is 5.56 Å². The maximum absolute atomic E-state index is 11.4. The molecule has 4 N–H and O–H groups in total. The summed E-state index contributed by atoms with van der Waals surface area (Å²) in [6, 6.07) is 9.78. The second-order valence-electron chi connectivity index (χ2n) is 9.56. The van der Waals surface area contributed by atoms with E-state index in [4.69, 9.17) is 18.9 Å². The lowest BCUT2D eigenvalue weighted by Gasteiger charge is -2.33. The second kappa shape index (κ2) is 20.0. The van der Waals surface area contributed by atoms with Gasteiger partial charge in [0, 0.05) is 58.9 Å². The number of carboxylic acid groups (broad SMARTS) is 2. The summed E-state index contributed by atoms with van der Waals surface area (Å²) in [4.78, 5) is 39.1. The van der Waals surface area contributed by atoms with Gasteiger partial charge in [-0.15, -0.1) is 0 Å². The van der Waals surface area contributed by atoms with E-state index in [1.54, 1.807) is 14.7 Å². The number of β-amino-alcohol motifs (C(OH)–C–C–N with tert-alkyl or cyclic N) is 1. The van der Waals surface area contributed by atoms with Gasteiger partial charge in [0.25, 0.3) is 0 Å². The molecule has 15 heteroatoms. The normalized spacial score (nSPS) is 18.9. The molecule has 228 valence electrons. The maximum Gasteiger partial charge on any atom is 0.317 e. The predicted molar refractivity (Wildman–Crippen MR) is 146 cm³/mol. The van der Waals surface area contributed by atoms with Crippen molar-refractivity contribution in [3.05, 3.63) is 35.9 Å². The minimum atomic E-state index is -3.14. The Morgan fingerprint density at radius 1 is 0.800 bits per heavy atom. The average Bonchev–Trinajstić information content (AvgIpc) is 2.90. The Labute approximate surface area is 235 Å². The largest absolute Gasteiger partial charge is 0.480 e. The SMILES string of the molecule is O=C(O)CN1CCN(CO[PH](=O)O)CCN(CC(=O)O)CCN(CC(O)COCCOCc2ccccc2)CC1. The molecule has 2 atom stereocenters. The molecule has 0 aromatic heterocycles. The molecule has 0 saturated carbocycles. The molecule has 0 bridgehead atoms. The quantitative estimate of drug-likeness (QED) is 0.141. The van der Waals surface area contributed by atoms with Crippen LogP contribution in [0.25, 0.3) is 0 Å². The lowest BCUT2D eigenvalue weighted by Crippen LogP contribution is -2.49. The van der Waals surface area contributed by atoms with E-state index in [9.17, 15) is 29.5 Å². The summed E-state index contributed by atoms with van der Waals surface area (Å²) in [6.07, 6.45) is -0.794. The Morgan fingerprint density at radius 3 is 1.82 bits per heavy atom. The minimum Gasteiger partial charge on any atom is -0.480 e. The predicted octanol–water partition coefficient (Wildman–Crippen LogP) is -0.672. The number of aliphatic hydroxyl groups is 1. The van der Waals surface area contributed by atoms with Crippen molar-refractivity contribution in [2.45, 2.75) is 12.7 Å². The van der Waals surface area contributed by atoms with E-state index in [1.165, 1.54) is 0 Å². The van der Waals surface area contributed by atoms with E-state index in [0.29, 0.717) is 72.2 Å². The van der Waals surface area contributed by atoms with Crippen molar-refractivity contribution in [2.24, 2.45) is 0 Å². The van der Waals surface area contributed by atoms with E-state index in [0.717, 1.165) is 5.56 Å². The molecule has 1 aromatic rings. The minimum absolute atomic E-state index is 0.103. The van der Waals surface area contributed by atoms with E-state index < -0.39 is 26.3 Å². The number of hydrogen-bond donors (Lipinski definition) is 4. The molecule has 0 spiro atoms. The topological polar surface area (TPSA) is 173 Å². The highest BCUT2D eigenvalue weighted by molar-refractivity contribution is 7.32. The third kappa shape index (κ3) is 16.3. The highest BCUT2D eigenvalue weighted by atomic mass is 31.1. The Bertz CT molecular complexity index is 852. The summed E-state index contributed by atoms with van der Waals surface area (Å²) in [6.45, 7) is 4.25. The van der Waals surface area contributed by atoms with Crippen LogP contribution < -0.4 is 0 Å². The molecule has 2 rings (SSSR count). The second-order valence-corrected chi connectivity index (χ2v) is 10.4. The van der Waals surface area contributed by atoms with Crippen LogP contribution in [-0.4, -0.2) is 156 Å². The van der Waals surface area contributed by atoms with E-state index in [-0.39, 0.29) is 33.0 Å². The Kier molecular flexibility index (Phi) is 17.1. The number of benzene rings is 1. The van der Waals surface area contributed by atoms with Gasteiger partial charge in [0.2, 0.25) is 0 Å². The summed E-state index contributed by atoms with van der Waals surface area (Å²) in [7, 11) is -3.14. The molecule has 2 unspecified atom stereocenters. The van der Waals surface area contributed by atoms with Gasteiger partial charge >= 0.3 is 20.2 Å². The molecule has 1 aliphatic rings. The lowest BCUT2D eigenvalue weighted by molar-refractivity contribution is -0.139. The van der Waals surface area contributed by atoms with Crippen LogP contribution in [0.5, 0.6) is 0 Å². The fourth-order valence-electron chi connectivity index (χ4n) is 4.19. The van der Waals surface area contributed by atoms with Gasteiger partial charge in [0.15, 0.2) is 0 Å². The van der Waals surface area contributed by atoms with Crippen molar-refractivity contribution in [1.82, 2.24) is 19.6 Å². The van der Waals surface area contributed by atoms with Gasteiger partial charge in [0.1, 0.15) is 6.73 Å². The molecular weight excluding hydrogens is 547 g/mol. The molecule has 40 heavy (non-hydrogen) atoms. The fraction of sp³-hybridized carbons (Fsp3) is 0.680. The van der Waals surface area contributed by atoms with Gasteiger partial charge < -0.3 is 29.7 Å². The van der Waals surface area contributed by atoms with Crippen molar-refractivity contribution in [1.29, 1.82) is 0 Å². The number of carbonyl (C=O) groups is 2. The Morgan fingerprint density at radius 2 is 1.30 bits per heavy atom. The van der Waals surface area contributed by atoms with Crippen LogP contribution in [-0.2, 0) is 34.8 Å². The van der Waals surface area contributed by atoms with Crippen LogP contribution in [0.2, 0.25) is 0 Å². The van der Waals surface area contributed by atoms with E-state index in [2.05, 4.69) is 0 Å². The third-order valence-corrected chi connectivity index (χ3v) is 6.66. The molecule has 1 heterocycles. The van der Waals surface area contributed by atoms with Crippen molar-refractivity contribution in [2.75, 3.05) is 98.5 Å². The molecule has 0 radical (unpaired) electrons. The number of aliphatic carboxylic acids is 2. The Hall–Kier alpha value is -1.97. The average molecular weight is 591 g/mol. The number of nitrogens with zero attached hydrogens (tertiary/aromatic N) is 4. The molecule has 1 aliphatic heterocycles. The van der Waals surface area contributed by atoms with Gasteiger partial charge in [-0.2, -0.15) is 0 Å². The van der Waals surface area contributed by atoms with Crippen molar-refractivity contribution in [3.63, 3.8) is 0 Å². The van der Waals surface area contributed by atoms with Gasteiger partial charge in [-0.1, -0.05) is 30.3 Å². The van der Waals surface area contributed by atoms with E-state index >= 15 is 0 Å². The van der Waals surface area contributed by atoms with Crippen molar-refractivity contribution in [3.8, 4) is 0 Å². The first-order valence-corrected chi connectivity index (χ1v) is 14.5. The molecule has 1 fully saturated rings. The van der Waals surface area contributed by atoms with Crippen LogP contribution in [0.4, 0.5) is 0 Å². The highest BCUT2D eigenvalue weighted by Crippen LogP contribution is 2.15. The summed E-state index contributed by atoms with van der Waals surface area (Å²) in [5.74, 6) is -1.95. The maximum atomic E-state index is 11.4. The molecule has 1 aromatic carbocycles. The van der Waals surface area contributed by atoms with Gasteiger partial charge in [-0.25, -0.2) is 0 Å². The van der Waals surface area contributed by atoms with Gasteiger partial charge in [-0.3, -0.25) is 38.3 Å². The first kappa shape index (κ1) is 34.2. The smallest absolute Gasteiger partial charge is 0.317 e. The zero-order chi connectivity index (χ0) is 29.2. The summed E-state index contributed by atoms with van der Waals surface area (Å²) in [5, 5.41) is 29.3. The molecule has 14 nitrogen and oxygen atoms in total. The molecule has 0 aliphatic carbocycles. The molecule has 1 saturated heterocycles. The Balaban J connectivity index is 1.90.